The molecule has 6 heteroatoms. The molecule has 1 unspecified atom stereocenters. The second-order valence-electron chi connectivity index (χ2n) is 4.96. The first-order chi connectivity index (χ1) is 9.10. The van der Waals surface area contributed by atoms with Gasteiger partial charge in [0.25, 0.3) is 0 Å². The van der Waals surface area contributed by atoms with Gasteiger partial charge in [0.15, 0.2) is 0 Å². The zero-order valence-electron chi connectivity index (χ0n) is 11.5. The number of aliphatic hydroxyl groups is 1. The molecule has 1 aliphatic rings. The van der Waals surface area contributed by atoms with Crippen molar-refractivity contribution < 1.29 is 19.8 Å². The summed E-state index contributed by atoms with van der Waals surface area (Å²) in [7, 11) is 0. The number of nitrogens with one attached hydrogen (secondary N) is 1. The van der Waals surface area contributed by atoms with Gasteiger partial charge in [0, 0.05) is 25.6 Å². The second-order valence-corrected chi connectivity index (χ2v) is 4.96. The van der Waals surface area contributed by atoms with Crippen LogP contribution in [0.3, 0.4) is 0 Å². The molecule has 0 saturated carbocycles. The van der Waals surface area contributed by atoms with Crippen molar-refractivity contribution in [2.45, 2.75) is 57.5 Å². The number of carboxylic acid groups (broad SMARTS) is 1. The fourth-order valence-electron chi connectivity index (χ4n) is 2.49. The predicted octanol–water partition coefficient (Wildman–Crippen LogP) is 1.19. The molecular formula is C13H24N2O4. The number of carbonyl (C=O) groups is 2. The molecule has 1 fully saturated rings. The minimum Gasteiger partial charge on any atom is -0.480 e. The Morgan fingerprint density at radius 3 is 2.68 bits per heavy atom. The van der Waals surface area contributed by atoms with E-state index >= 15 is 0 Å². The van der Waals surface area contributed by atoms with Crippen LogP contribution in [0, 0.1) is 0 Å². The van der Waals surface area contributed by atoms with Crippen molar-refractivity contribution in [3.63, 3.8) is 0 Å². The average Bonchev–Trinajstić information content (AvgIpc) is 2.62. The van der Waals surface area contributed by atoms with E-state index in [1.807, 2.05) is 6.92 Å². The van der Waals surface area contributed by atoms with Gasteiger partial charge in [-0.2, -0.15) is 0 Å². The summed E-state index contributed by atoms with van der Waals surface area (Å²) in [6, 6.07) is -1.15. The summed E-state index contributed by atoms with van der Waals surface area (Å²) in [5.74, 6) is -1.11. The van der Waals surface area contributed by atoms with Crippen LogP contribution >= 0.6 is 0 Å². The van der Waals surface area contributed by atoms with Gasteiger partial charge >= 0.3 is 12.0 Å². The highest BCUT2D eigenvalue weighted by Crippen LogP contribution is 2.19. The van der Waals surface area contributed by atoms with Gasteiger partial charge in [-0.3, -0.25) is 0 Å². The van der Waals surface area contributed by atoms with Crippen LogP contribution in [0.15, 0.2) is 0 Å². The Morgan fingerprint density at radius 2 is 2.11 bits per heavy atom. The quantitative estimate of drug-likeness (QED) is 0.701. The van der Waals surface area contributed by atoms with Crippen molar-refractivity contribution >= 4 is 12.0 Å². The maximum absolute atomic E-state index is 12.2. The number of carbonyl (C=O) groups excluding carboxylic acids is 1. The number of aliphatic hydroxyl groups excluding tert-OH is 1. The summed E-state index contributed by atoms with van der Waals surface area (Å²) < 4.78 is 0. The molecule has 0 aromatic carbocycles. The van der Waals surface area contributed by atoms with Gasteiger partial charge in [0.2, 0.25) is 0 Å². The summed E-state index contributed by atoms with van der Waals surface area (Å²) in [5, 5.41) is 20.3. The Morgan fingerprint density at radius 1 is 1.37 bits per heavy atom. The number of hydrogen-bond acceptors (Lipinski definition) is 3. The van der Waals surface area contributed by atoms with E-state index < -0.39 is 12.0 Å². The van der Waals surface area contributed by atoms with Crippen LogP contribution < -0.4 is 5.32 Å². The monoisotopic (exact) mass is 272 g/mol. The molecule has 6 nitrogen and oxygen atoms in total. The molecule has 1 saturated heterocycles. The van der Waals surface area contributed by atoms with Gasteiger partial charge in [-0.25, -0.2) is 9.59 Å². The molecule has 1 rings (SSSR count). The van der Waals surface area contributed by atoms with Crippen LogP contribution in [0.25, 0.3) is 0 Å². The van der Waals surface area contributed by atoms with Gasteiger partial charge < -0.3 is 20.4 Å². The van der Waals surface area contributed by atoms with Crippen molar-refractivity contribution in [1.29, 1.82) is 0 Å². The fourth-order valence-corrected chi connectivity index (χ4v) is 2.49. The maximum atomic E-state index is 12.2. The third-order valence-corrected chi connectivity index (χ3v) is 3.62. The highest BCUT2D eigenvalue weighted by Gasteiger charge is 2.27. The highest BCUT2D eigenvalue weighted by atomic mass is 16.4. The summed E-state index contributed by atoms with van der Waals surface area (Å²) >= 11 is 0. The van der Waals surface area contributed by atoms with E-state index in [2.05, 4.69) is 5.32 Å². The third-order valence-electron chi connectivity index (χ3n) is 3.62. The molecular weight excluding hydrogens is 248 g/mol. The lowest BCUT2D eigenvalue weighted by molar-refractivity contribution is -0.139. The van der Waals surface area contributed by atoms with E-state index in [-0.39, 0.29) is 25.1 Å². The number of rotatable bonds is 5. The fraction of sp³-hybridized carbons (Fsp3) is 0.846. The lowest BCUT2D eigenvalue weighted by Crippen LogP contribution is -2.51. The molecule has 0 bridgehead atoms. The second kappa shape index (κ2) is 7.99. The van der Waals surface area contributed by atoms with Gasteiger partial charge in [-0.05, 0) is 19.3 Å². The largest absolute Gasteiger partial charge is 0.480 e. The van der Waals surface area contributed by atoms with E-state index in [1.54, 1.807) is 4.90 Å². The number of likely N-dealkylation sites (tertiary alicyclic amines) is 1. The molecule has 0 aromatic heterocycles. The molecule has 0 radical (unpaired) electrons. The highest BCUT2D eigenvalue weighted by molar-refractivity contribution is 5.82. The summed E-state index contributed by atoms with van der Waals surface area (Å²) in [5.41, 5.74) is 0. The van der Waals surface area contributed by atoms with E-state index in [0.717, 1.165) is 32.1 Å². The minimum absolute atomic E-state index is 0.0334. The molecule has 2 amide bonds. The van der Waals surface area contributed by atoms with Crippen LogP contribution in [-0.4, -0.2) is 52.3 Å². The first-order valence-electron chi connectivity index (χ1n) is 7.01. The zero-order chi connectivity index (χ0) is 14.3. The molecule has 1 aliphatic heterocycles. The van der Waals surface area contributed by atoms with Crippen LogP contribution in [-0.2, 0) is 4.79 Å². The van der Waals surface area contributed by atoms with Gasteiger partial charge in [-0.15, -0.1) is 0 Å². The number of aliphatic carboxylic acids is 1. The third kappa shape index (κ3) is 4.70. The Labute approximate surface area is 113 Å². The summed E-state index contributed by atoms with van der Waals surface area (Å²) in [6.07, 6.45) is 5.07. The summed E-state index contributed by atoms with van der Waals surface area (Å²) in [6.45, 7) is 2.46. The van der Waals surface area contributed by atoms with E-state index in [1.165, 1.54) is 0 Å². The number of nitrogens with zero attached hydrogens (tertiary/aromatic N) is 1. The topological polar surface area (TPSA) is 89.9 Å². The van der Waals surface area contributed by atoms with E-state index in [4.69, 9.17) is 10.2 Å². The number of amides is 2. The van der Waals surface area contributed by atoms with Crippen molar-refractivity contribution in [2.24, 2.45) is 0 Å². The van der Waals surface area contributed by atoms with Crippen LogP contribution in [0.2, 0.25) is 0 Å². The maximum Gasteiger partial charge on any atom is 0.326 e. The Hall–Kier alpha value is -1.30. The van der Waals surface area contributed by atoms with Gasteiger partial charge in [0.1, 0.15) is 6.04 Å². The average molecular weight is 272 g/mol. The molecule has 2 atom stereocenters. The van der Waals surface area contributed by atoms with Gasteiger partial charge in [0.05, 0.1) is 0 Å². The minimum atomic E-state index is -1.11. The number of urea groups is 1. The van der Waals surface area contributed by atoms with Crippen LogP contribution in [0.5, 0.6) is 0 Å². The molecule has 0 aromatic rings. The van der Waals surface area contributed by atoms with E-state index in [9.17, 15) is 9.59 Å². The zero-order valence-corrected chi connectivity index (χ0v) is 11.5. The molecule has 0 spiro atoms. The Kier molecular flexibility index (Phi) is 6.62. The first kappa shape index (κ1) is 15.8. The predicted molar refractivity (Wildman–Crippen MR) is 70.9 cm³/mol. The lowest BCUT2D eigenvalue weighted by Gasteiger charge is -2.30. The van der Waals surface area contributed by atoms with Crippen molar-refractivity contribution in [3.8, 4) is 0 Å². The Bertz CT molecular complexity index is 309. The number of carboxylic acids is 1. The Balaban J connectivity index is 2.64. The normalized spacial score (nSPS) is 21.6. The van der Waals surface area contributed by atoms with Crippen molar-refractivity contribution in [2.75, 3.05) is 13.2 Å². The molecule has 1 heterocycles. The number of hydrogen-bond donors (Lipinski definition) is 3. The van der Waals surface area contributed by atoms with Crippen molar-refractivity contribution in [1.82, 2.24) is 10.2 Å². The van der Waals surface area contributed by atoms with Crippen LogP contribution in [0.1, 0.15) is 45.4 Å². The van der Waals surface area contributed by atoms with Crippen molar-refractivity contribution in [3.05, 3.63) is 0 Å². The molecule has 3 N–H and O–H groups in total. The molecule has 19 heavy (non-hydrogen) atoms. The first-order valence-corrected chi connectivity index (χ1v) is 7.01. The van der Waals surface area contributed by atoms with Gasteiger partial charge in [-0.1, -0.05) is 19.8 Å². The summed E-state index contributed by atoms with van der Waals surface area (Å²) in [4.78, 5) is 24.9. The standard InChI is InChI=1S/C13H24N2O4/c1-2-10-6-4-3-5-8-15(10)13(19)14-11(7-9-16)12(17)18/h10-11,16H,2-9H2,1H3,(H,14,19)(H,17,18)/t10?,11-/m1/s1. The molecule has 0 aliphatic carbocycles. The smallest absolute Gasteiger partial charge is 0.326 e. The van der Waals surface area contributed by atoms with E-state index in [0.29, 0.717) is 6.54 Å². The van der Waals surface area contributed by atoms with Crippen LogP contribution in [0.4, 0.5) is 4.79 Å². The lowest BCUT2D eigenvalue weighted by atomic mass is 10.1. The SMILES string of the molecule is CCC1CCCCCN1C(=O)N[C@H](CCO)C(=O)O. The molecule has 110 valence electrons.